The molecule has 18 heteroatoms. The molecule has 0 radical (unpaired) electrons. The molecule has 0 saturated carbocycles. The molecular formula is C15H7F17O. The fourth-order valence-electron chi connectivity index (χ4n) is 2.38. The van der Waals surface area contributed by atoms with Crippen LogP contribution in [0.3, 0.4) is 0 Å². The van der Waals surface area contributed by atoms with Crippen molar-refractivity contribution < 1.29 is 79.7 Å². The molecule has 1 aromatic rings. The maximum Gasteiger partial charge on any atom is 0.460 e. The minimum atomic E-state index is -8.36. The van der Waals surface area contributed by atoms with Crippen LogP contribution in [-0.4, -0.2) is 47.1 Å². The fraction of sp³-hybridized carbons (Fsp3) is 0.600. The van der Waals surface area contributed by atoms with Crippen LogP contribution in [0.15, 0.2) is 24.3 Å². The molecule has 1 N–H and O–H groups in total. The molecule has 0 aliphatic heterocycles. The first kappa shape index (κ1) is 29.0. The van der Waals surface area contributed by atoms with Crippen molar-refractivity contribution in [2.45, 2.75) is 54.0 Å². The highest BCUT2D eigenvalue weighted by molar-refractivity contribution is 5.27. The molecule has 0 saturated heterocycles. The highest BCUT2D eigenvalue weighted by atomic mass is 19.4. The lowest BCUT2D eigenvalue weighted by atomic mass is 9.82. The fourth-order valence-corrected chi connectivity index (χ4v) is 2.38. The number of hydrogen-bond donors (Lipinski definition) is 1. The van der Waals surface area contributed by atoms with Crippen molar-refractivity contribution in [1.29, 1.82) is 0 Å². The molecule has 1 unspecified atom stereocenters. The lowest BCUT2D eigenvalue weighted by molar-refractivity contribution is -0.443. The van der Waals surface area contributed by atoms with Crippen molar-refractivity contribution in [3.05, 3.63) is 35.6 Å². The summed E-state index contributed by atoms with van der Waals surface area (Å²) in [4.78, 5) is 0. The van der Waals surface area contributed by atoms with Crippen LogP contribution in [0.2, 0.25) is 0 Å². The Bertz CT molecular complexity index is 853. The average molecular weight is 526 g/mol. The summed E-state index contributed by atoms with van der Waals surface area (Å²) in [7, 11) is 0. The molecule has 1 nitrogen and oxygen atoms in total. The van der Waals surface area contributed by atoms with Crippen molar-refractivity contribution in [3.63, 3.8) is 0 Å². The van der Waals surface area contributed by atoms with E-state index in [0.717, 1.165) is 0 Å². The zero-order valence-corrected chi connectivity index (χ0v) is 14.9. The van der Waals surface area contributed by atoms with Gasteiger partial charge < -0.3 is 5.11 Å². The van der Waals surface area contributed by atoms with Crippen molar-refractivity contribution in [2.75, 3.05) is 0 Å². The predicted octanol–water partition coefficient (Wildman–Crippen LogP) is 6.70. The number of halogens is 17. The molecule has 192 valence electrons. The monoisotopic (exact) mass is 526 g/mol. The lowest BCUT2D eigenvalue weighted by Crippen LogP contribution is -2.70. The van der Waals surface area contributed by atoms with Gasteiger partial charge in [0.2, 0.25) is 0 Å². The Morgan fingerprint density at radius 2 is 0.939 bits per heavy atom. The van der Waals surface area contributed by atoms with Crippen molar-refractivity contribution in [1.82, 2.24) is 0 Å². The van der Waals surface area contributed by atoms with Crippen LogP contribution in [0, 0.1) is 5.82 Å². The summed E-state index contributed by atoms with van der Waals surface area (Å²) in [5.74, 6) is -42.4. The summed E-state index contributed by atoms with van der Waals surface area (Å²) in [6, 6.07) is 0.866. The summed E-state index contributed by atoms with van der Waals surface area (Å²) in [5.41, 5.74) is -7.83. The van der Waals surface area contributed by atoms with E-state index < -0.39 is 65.4 Å². The molecule has 1 atom stereocenters. The molecule has 0 spiro atoms. The average Bonchev–Trinajstić information content (AvgIpc) is 2.58. The summed E-state index contributed by atoms with van der Waals surface area (Å²) in [5, 5.41) is 9.52. The van der Waals surface area contributed by atoms with Gasteiger partial charge in [0.15, 0.2) is 5.60 Å². The molecule has 0 aliphatic carbocycles. The lowest BCUT2D eigenvalue weighted by Gasteiger charge is -2.42. The number of hydrogen-bond acceptors (Lipinski definition) is 1. The van der Waals surface area contributed by atoms with Gasteiger partial charge in [0.25, 0.3) is 0 Å². The molecule has 1 rings (SSSR count). The molecular weight excluding hydrogens is 519 g/mol. The van der Waals surface area contributed by atoms with Crippen LogP contribution in [0.5, 0.6) is 0 Å². The predicted molar refractivity (Wildman–Crippen MR) is 71.8 cm³/mol. The van der Waals surface area contributed by atoms with E-state index in [1.165, 1.54) is 0 Å². The second-order valence-electron chi connectivity index (χ2n) is 6.51. The van der Waals surface area contributed by atoms with Crippen LogP contribution in [0.25, 0.3) is 0 Å². The van der Waals surface area contributed by atoms with Gasteiger partial charge in [-0.1, -0.05) is 18.2 Å². The van der Waals surface area contributed by atoms with E-state index in [-0.39, 0.29) is 12.1 Å². The van der Waals surface area contributed by atoms with Crippen LogP contribution in [0.4, 0.5) is 74.6 Å². The van der Waals surface area contributed by atoms with E-state index in [9.17, 15) is 79.7 Å². The number of aliphatic hydroxyl groups is 1. The Kier molecular flexibility index (Phi) is 6.82. The van der Waals surface area contributed by atoms with Gasteiger partial charge in [-0.2, -0.15) is 70.2 Å². The minimum Gasteiger partial charge on any atom is -0.376 e. The maximum absolute atomic E-state index is 13.9. The van der Waals surface area contributed by atoms with E-state index in [4.69, 9.17) is 0 Å². The van der Waals surface area contributed by atoms with Crippen molar-refractivity contribution in [2.24, 2.45) is 0 Å². The Hall–Kier alpha value is -2.01. The third-order valence-corrected chi connectivity index (χ3v) is 4.26. The molecule has 0 aromatic heterocycles. The van der Waals surface area contributed by atoms with Gasteiger partial charge in [-0.05, 0) is 6.07 Å². The zero-order chi connectivity index (χ0) is 26.7. The highest BCUT2D eigenvalue weighted by Crippen LogP contribution is 2.62. The first-order chi connectivity index (χ1) is 14.2. The SMILES string of the molecule is OC(CC(F)(F)C(F)(F)C(F)(F)C(F)(F)C(F)(F)C(F)(F)F)(c1ccccc1F)C(F)(F)F. The molecule has 0 fully saturated rings. The van der Waals surface area contributed by atoms with Gasteiger partial charge in [0, 0.05) is 5.56 Å². The van der Waals surface area contributed by atoms with Gasteiger partial charge in [-0.3, -0.25) is 0 Å². The van der Waals surface area contributed by atoms with Crippen molar-refractivity contribution in [3.8, 4) is 0 Å². The van der Waals surface area contributed by atoms with Gasteiger partial charge >= 0.3 is 42.0 Å². The summed E-state index contributed by atoms with van der Waals surface area (Å²) in [6.07, 6.45) is -18.4. The first-order valence-electron chi connectivity index (χ1n) is 7.72. The Balaban J connectivity index is 3.69. The summed E-state index contributed by atoms with van der Waals surface area (Å²) >= 11 is 0. The highest BCUT2D eigenvalue weighted by Gasteiger charge is 2.91. The van der Waals surface area contributed by atoms with Gasteiger partial charge in [-0.15, -0.1) is 0 Å². The summed E-state index contributed by atoms with van der Waals surface area (Å²) < 4.78 is 223. The topological polar surface area (TPSA) is 20.2 Å². The van der Waals surface area contributed by atoms with Crippen LogP contribution in [-0.2, 0) is 5.60 Å². The molecule has 1 aromatic carbocycles. The summed E-state index contributed by atoms with van der Waals surface area (Å²) in [6.45, 7) is 0. The number of alkyl halides is 16. The zero-order valence-electron chi connectivity index (χ0n) is 14.9. The number of benzene rings is 1. The van der Waals surface area contributed by atoms with Gasteiger partial charge in [0.1, 0.15) is 5.82 Å². The minimum absolute atomic E-state index is 0.0367. The van der Waals surface area contributed by atoms with E-state index in [1.54, 1.807) is 0 Å². The third-order valence-electron chi connectivity index (χ3n) is 4.26. The van der Waals surface area contributed by atoms with Crippen LogP contribution in [0.1, 0.15) is 12.0 Å². The van der Waals surface area contributed by atoms with Gasteiger partial charge in [-0.25, -0.2) is 4.39 Å². The molecule has 0 aliphatic rings. The normalized spacial score (nSPS) is 17.2. The third kappa shape index (κ3) is 4.18. The Morgan fingerprint density at radius 1 is 0.545 bits per heavy atom. The van der Waals surface area contributed by atoms with Gasteiger partial charge in [0.05, 0.1) is 6.42 Å². The Labute approximate surface area is 170 Å². The van der Waals surface area contributed by atoms with E-state index in [1.807, 2.05) is 0 Å². The van der Waals surface area contributed by atoms with Crippen LogP contribution < -0.4 is 0 Å². The maximum atomic E-state index is 13.9. The second-order valence-corrected chi connectivity index (χ2v) is 6.51. The van der Waals surface area contributed by atoms with E-state index in [0.29, 0.717) is 12.1 Å². The quantitative estimate of drug-likeness (QED) is 0.392. The Morgan fingerprint density at radius 3 is 1.30 bits per heavy atom. The largest absolute Gasteiger partial charge is 0.460 e. The van der Waals surface area contributed by atoms with Crippen LogP contribution >= 0.6 is 0 Å². The second kappa shape index (κ2) is 7.76. The number of rotatable bonds is 7. The van der Waals surface area contributed by atoms with Crippen molar-refractivity contribution >= 4 is 0 Å². The van der Waals surface area contributed by atoms with E-state index >= 15 is 0 Å². The van der Waals surface area contributed by atoms with E-state index in [2.05, 4.69) is 0 Å². The molecule has 0 bridgehead atoms. The molecule has 33 heavy (non-hydrogen) atoms. The molecule has 0 amide bonds. The smallest absolute Gasteiger partial charge is 0.376 e. The first-order valence-corrected chi connectivity index (χ1v) is 7.72. The molecule has 0 heterocycles. The standard InChI is InChI=1S/C15H7F17O/c16-7-4-2-1-3-6(7)8(33,14(27,28)29)5-9(17,18)10(19,20)11(21,22)12(23,24)13(25,26)15(30,31)32/h1-4,33H,5H2.